The van der Waals surface area contributed by atoms with E-state index in [1.165, 1.54) is 0 Å². The fraction of sp³-hybridized carbons (Fsp3) is 0.875. The zero-order valence-corrected chi connectivity index (χ0v) is 13.1. The zero-order valence-electron chi connectivity index (χ0n) is 13.1. The Bertz CT molecular complexity index is 386. The number of fused-ring (bicyclic) bond motifs is 2. The Morgan fingerprint density at radius 2 is 2.00 bits per heavy atom. The molecule has 2 bridgehead atoms. The van der Waals surface area contributed by atoms with Crippen molar-refractivity contribution < 1.29 is 14.3 Å². The number of ketones is 1. The van der Waals surface area contributed by atoms with Crippen LogP contribution in [-0.2, 0) is 14.3 Å². The SMILES string of the molecule is CCC(=O)C(NC(=O)CC1CC2CCC1O2)C(C)(C)C. The highest BCUT2D eigenvalue weighted by molar-refractivity contribution is 5.89. The zero-order chi connectivity index (χ0) is 14.9. The first kappa shape index (κ1) is 15.5. The summed E-state index contributed by atoms with van der Waals surface area (Å²) in [5.74, 6) is 0.439. The molecule has 1 amide bonds. The number of hydrogen-bond donors (Lipinski definition) is 1. The molecule has 20 heavy (non-hydrogen) atoms. The molecule has 0 aromatic carbocycles. The predicted molar refractivity (Wildman–Crippen MR) is 77.3 cm³/mol. The molecule has 4 nitrogen and oxygen atoms in total. The molecule has 4 unspecified atom stereocenters. The van der Waals surface area contributed by atoms with E-state index in [0.717, 1.165) is 19.3 Å². The van der Waals surface area contributed by atoms with Crippen molar-refractivity contribution in [1.29, 1.82) is 0 Å². The van der Waals surface area contributed by atoms with Crippen molar-refractivity contribution in [3.05, 3.63) is 0 Å². The van der Waals surface area contributed by atoms with Crippen LogP contribution >= 0.6 is 0 Å². The summed E-state index contributed by atoms with van der Waals surface area (Å²) in [5, 5.41) is 2.95. The minimum Gasteiger partial charge on any atom is -0.375 e. The second-order valence-electron chi connectivity index (χ2n) is 7.26. The molecule has 2 heterocycles. The van der Waals surface area contributed by atoms with Crippen LogP contribution in [0.3, 0.4) is 0 Å². The van der Waals surface area contributed by atoms with E-state index in [4.69, 9.17) is 4.74 Å². The van der Waals surface area contributed by atoms with Gasteiger partial charge in [-0.1, -0.05) is 27.7 Å². The van der Waals surface area contributed by atoms with Gasteiger partial charge in [-0.05, 0) is 30.6 Å². The summed E-state index contributed by atoms with van der Waals surface area (Å²) >= 11 is 0. The van der Waals surface area contributed by atoms with Gasteiger partial charge >= 0.3 is 0 Å². The van der Waals surface area contributed by atoms with Crippen LogP contribution in [0.1, 0.15) is 59.8 Å². The van der Waals surface area contributed by atoms with E-state index >= 15 is 0 Å². The Kier molecular flexibility index (Phi) is 4.52. The smallest absolute Gasteiger partial charge is 0.220 e. The fourth-order valence-corrected chi connectivity index (χ4v) is 3.40. The van der Waals surface area contributed by atoms with E-state index in [-0.39, 0.29) is 29.3 Å². The van der Waals surface area contributed by atoms with Gasteiger partial charge in [0.1, 0.15) is 0 Å². The van der Waals surface area contributed by atoms with Crippen LogP contribution < -0.4 is 5.32 Å². The molecule has 0 saturated carbocycles. The predicted octanol–water partition coefficient (Wildman–Crippen LogP) is 2.45. The largest absolute Gasteiger partial charge is 0.375 e. The summed E-state index contributed by atoms with van der Waals surface area (Å²) in [5.41, 5.74) is -0.242. The van der Waals surface area contributed by atoms with Crippen molar-refractivity contribution in [2.24, 2.45) is 11.3 Å². The van der Waals surface area contributed by atoms with Crippen molar-refractivity contribution in [3.8, 4) is 0 Å². The van der Waals surface area contributed by atoms with E-state index < -0.39 is 0 Å². The number of hydrogen-bond acceptors (Lipinski definition) is 3. The van der Waals surface area contributed by atoms with Gasteiger partial charge in [0.2, 0.25) is 5.91 Å². The van der Waals surface area contributed by atoms with Gasteiger partial charge < -0.3 is 10.1 Å². The lowest BCUT2D eigenvalue weighted by Crippen LogP contribution is -2.49. The Labute approximate surface area is 121 Å². The molecular weight excluding hydrogens is 254 g/mol. The third-order valence-corrected chi connectivity index (χ3v) is 4.52. The average molecular weight is 281 g/mol. The van der Waals surface area contributed by atoms with Gasteiger partial charge in [0.05, 0.1) is 18.2 Å². The summed E-state index contributed by atoms with van der Waals surface area (Å²) in [6.45, 7) is 7.82. The van der Waals surface area contributed by atoms with E-state index in [9.17, 15) is 9.59 Å². The van der Waals surface area contributed by atoms with Gasteiger partial charge in [0.25, 0.3) is 0 Å². The quantitative estimate of drug-likeness (QED) is 0.842. The lowest BCUT2D eigenvalue weighted by molar-refractivity contribution is -0.130. The van der Waals surface area contributed by atoms with Gasteiger partial charge in [0.15, 0.2) is 5.78 Å². The molecule has 2 aliphatic rings. The maximum atomic E-state index is 12.2. The van der Waals surface area contributed by atoms with Gasteiger partial charge in [-0.2, -0.15) is 0 Å². The molecule has 2 aliphatic heterocycles. The van der Waals surface area contributed by atoms with Crippen molar-refractivity contribution in [2.75, 3.05) is 0 Å². The van der Waals surface area contributed by atoms with Crippen LogP contribution in [0.2, 0.25) is 0 Å². The number of ether oxygens (including phenoxy) is 1. The van der Waals surface area contributed by atoms with Crippen LogP contribution in [0.15, 0.2) is 0 Å². The first-order chi connectivity index (χ1) is 9.31. The first-order valence-corrected chi connectivity index (χ1v) is 7.78. The van der Waals surface area contributed by atoms with E-state index in [0.29, 0.717) is 24.9 Å². The van der Waals surface area contributed by atoms with Crippen LogP contribution in [0.5, 0.6) is 0 Å². The minimum atomic E-state index is -0.389. The second kappa shape index (κ2) is 5.84. The molecule has 0 radical (unpaired) electrons. The maximum absolute atomic E-state index is 12.2. The Balaban J connectivity index is 1.90. The van der Waals surface area contributed by atoms with Crippen molar-refractivity contribution in [2.45, 2.75) is 78.0 Å². The third-order valence-electron chi connectivity index (χ3n) is 4.52. The highest BCUT2D eigenvalue weighted by Gasteiger charge is 2.42. The third kappa shape index (κ3) is 3.40. The standard InChI is InChI=1S/C16H27NO3/c1-5-12(18)15(16(2,3)4)17-14(19)9-10-8-11-6-7-13(10)20-11/h10-11,13,15H,5-9H2,1-4H3,(H,17,19). The monoisotopic (exact) mass is 281 g/mol. The van der Waals surface area contributed by atoms with E-state index in [2.05, 4.69) is 5.32 Å². The number of nitrogens with one attached hydrogen (secondary N) is 1. The van der Waals surface area contributed by atoms with Crippen LogP contribution in [0.25, 0.3) is 0 Å². The Morgan fingerprint density at radius 3 is 2.45 bits per heavy atom. The molecule has 2 fully saturated rings. The van der Waals surface area contributed by atoms with Crippen LogP contribution in [-0.4, -0.2) is 29.9 Å². The molecule has 2 rings (SSSR count). The molecular formula is C16H27NO3. The van der Waals surface area contributed by atoms with Crippen molar-refractivity contribution in [3.63, 3.8) is 0 Å². The molecule has 0 aromatic rings. The highest BCUT2D eigenvalue weighted by atomic mass is 16.5. The number of carbonyl (C=O) groups excluding carboxylic acids is 2. The highest BCUT2D eigenvalue weighted by Crippen LogP contribution is 2.40. The van der Waals surface area contributed by atoms with E-state index in [1.54, 1.807) is 0 Å². The number of amides is 1. The van der Waals surface area contributed by atoms with Gasteiger partial charge in [0, 0.05) is 12.8 Å². The van der Waals surface area contributed by atoms with E-state index in [1.807, 2.05) is 27.7 Å². The number of rotatable bonds is 5. The summed E-state index contributed by atoms with van der Waals surface area (Å²) in [4.78, 5) is 24.3. The number of carbonyl (C=O) groups is 2. The molecule has 0 aliphatic carbocycles. The topological polar surface area (TPSA) is 55.4 Å². The van der Waals surface area contributed by atoms with Gasteiger partial charge in [-0.15, -0.1) is 0 Å². The summed E-state index contributed by atoms with van der Waals surface area (Å²) < 4.78 is 5.78. The van der Waals surface area contributed by atoms with Gasteiger partial charge in [-0.25, -0.2) is 0 Å². The fourth-order valence-electron chi connectivity index (χ4n) is 3.40. The molecule has 2 saturated heterocycles. The van der Waals surface area contributed by atoms with Crippen LogP contribution in [0, 0.1) is 11.3 Å². The molecule has 4 heteroatoms. The van der Waals surface area contributed by atoms with Crippen molar-refractivity contribution in [1.82, 2.24) is 5.32 Å². The lowest BCUT2D eigenvalue weighted by atomic mass is 9.82. The summed E-state index contributed by atoms with van der Waals surface area (Å²) in [6, 6.07) is -0.389. The minimum absolute atomic E-state index is 0.00660. The van der Waals surface area contributed by atoms with Crippen LogP contribution in [0.4, 0.5) is 0 Å². The molecule has 0 spiro atoms. The maximum Gasteiger partial charge on any atom is 0.220 e. The summed E-state index contributed by atoms with van der Waals surface area (Å²) in [6.07, 6.45) is 4.81. The molecule has 114 valence electrons. The summed E-state index contributed by atoms with van der Waals surface area (Å²) in [7, 11) is 0. The number of Topliss-reactive ketones (excluding diaryl/α,β-unsaturated/α-hetero) is 1. The second-order valence-corrected chi connectivity index (χ2v) is 7.26. The Morgan fingerprint density at radius 1 is 1.30 bits per heavy atom. The van der Waals surface area contributed by atoms with Crippen molar-refractivity contribution >= 4 is 11.7 Å². The Hall–Kier alpha value is -0.900. The first-order valence-electron chi connectivity index (χ1n) is 7.78. The molecule has 1 N–H and O–H groups in total. The normalized spacial score (nSPS) is 30.3. The molecule has 0 aromatic heterocycles. The van der Waals surface area contributed by atoms with Gasteiger partial charge in [-0.3, -0.25) is 9.59 Å². The lowest BCUT2D eigenvalue weighted by Gasteiger charge is -2.30. The average Bonchev–Trinajstić information content (AvgIpc) is 2.95. The molecule has 4 atom stereocenters.